The standard InChI is InChI=1S/C10H13ClN2O2/c1-6(2)5-15-10(14)8-3-7(12)4-13-9(8)11/h3-4,6H,5,12H2,1-2H3. The smallest absolute Gasteiger partial charge is 0.341 e. The Balaban J connectivity index is 2.77. The molecule has 1 aromatic heterocycles. The van der Waals surface area contributed by atoms with Gasteiger partial charge in [-0.3, -0.25) is 0 Å². The fourth-order valence-electron chi connectivity index (χ4n) is 0.927. The average Bonchev–Trinajstić information content (AvgIpc) is 2.18. The van der Waals surface area contributed by atoms with Gasteiger partial charge >= 0.3 is 5.97 Å². The molecule has 1 aromatic rings. The molecule has 2 N–H and O–H groups in total. The summed E-state index contributed by atoms with van der Waals surface area (Å²) in [5, 5.41) is 0.109. The van der Waals surface area contributed by atoms with Gasteiger partial charge in [-0.1, -0.05) is 25.4 Å². The van der Waals surface area contributed by atoms with Crippen LogP contribution in [-0.2, 0) is 4.74 Å². The van der Waals surface area contributed by atoms with Gasteiger partial charge in [0.1, 0.15) is 5.15 Å². The highest BCUT2D eigenvalue weighted by molar-refractivity contribution is 6.32. The number of nitrogens with two attached hydrogens (primary N) is 1. The predicted octanol–water partition coefficient (Wildman–Crippen LogP) is 2.13. The molecule has 0 spiro atoms. The molecule has 0 atom stereocenters. The van der Waals surface area contributed by atoms with Crippen LogP contribution in [0.5, 0.6) is 0 Å². The second-order valence-corrected chi connectivity index (χ2v) is 3.96. The van der Waals surface area contributed by atoms with Gasteiger partial charge in [0.05, 0.1) is 24.1 Å². The van der Waals surface area contributed by atoms with Gasteiger partial charge in [-0.15, -0.1) is 0 Å². The lowest BCUT2D eigenvalue weighted by Crippen LogP contribution is -2.11. The Labute approximate surface area is 93.4 Å². The minimum absolute atomic E-state index is 0.109. The molecule has 0 unspecified atom stereocenters. The molecule has 0 saturated carbocycles. The number of ether oxygens (including phenoxy) is 1. The Morgan fingerprint density at radius 2 is 2.33 bits per heavy atom. The van der Waals surface area contributed by atoms with E-state index in [9.17, 15) is 4.79 Å². The highest BCUT2D eigenvalue weighted by atomic mass is 35.5. The van der Waals surface area contributed by atoms with Crippen LogP contribution in [0.3, 0.4) is 0 Å². The van der Waals surface area contributed by atoms with Gasteiger partial charge in [0, 0.05) is 0 Å². The van der Waals surface area contributed by atoms with Gasteiger partial charge in [0.15, 0.2) is 0 Å². The lowest BCUT2D eigenvalue weighted by molar-refractivity contribution is 0.0459. The van der Waals surface area contributed by atoms with E-state index in [4.69, 9.17) is 22.1 Å². The molecule has 0 bridgehead atoms. The van der Waals surface area contributed by atoms with E-state index in [1.54, 1.807) is 0 Å². The maximum absolute atomic E-state index is 11.5. The number of nitrogen functional groups attached to an aromatic ring is 1. The Morgan fingerprint density at radius 3 is 2.93 bits per heavy atom. The second kappa shape index (κ2) is 4.98. The molecule has 0 saturated heterocycles. The topological polar surface area (TPSA) is 65.2 Å². The minimum Gasteiger partial charge on any atom is -0.462 e. The number of aromatic nitrogens is 1. The monoisotopic (exact) mass is 228 g/mol. The van der Waals surface area contributed by atoms with Gasteiger partial charge in [0.2, 0.25) is 0 Å². The van der Waals surface area contributed by atoms with Crippen molar-refractivity contribution in [1.29, 1.82) is 0 Å². The summed E-state index contributed by atoms with van der Waals surface area (Å²) in [7, 11) is 0. The molecule has 0 aliphatic carbocycles. The van der Waals surface area contributed by atoms with Crippen LogP contribution in [0.4, 0.5) is 5.69 Å². The van der Waals surface area contributed by atoms with Gasteiger partial charge in [0.25, 0.3) is 0 Å². The van der Waals surface area contributed by atoms with E-state index < -0.39 is 5.97 Å². The van der Waals surface area contributed by atoms with Crippen LogP contribution in [0.1, 0.15) is 24.2 Å². The number of anilines is 1. The average molecular weight is 229 g/mol. The summed E-state index contributed by atoms with van der Waals surface area (Å²) in [4.78, 5) is 15.3. The number of carbonyl (C=O) groups is 1. The highest BCUT2D eigenvalue weighted by Crippen LogP contribution is 2.16. The Bertz CT molecular complexity index is 366. The largest absolute Gasteiger partial charge is 0.462 e. The van der Waals surface area contributed by atoms with Crippen molar-refractivity contribution in [3.05, 3.63) is 23.0 Å². The molecule has 1 rings (SSSR count). The van der Waals surface area contributed by atoms with Crippen LogP contribution in [-0.4, -0.2) is 17.6 Å². The lowest BCUT2D eigenvalue weighted by atomic mass is 10.2. The molecule has 4 nitrogen and oxygen atoms in total. The van der Waals surface area contributed by atoms with Crippen LogP contribution >= 0.6 is 11.6 Å². The van der Waals surface area contributed by atoms with E-state index in [1.807, 2.05) is 13.8 Å². The van der Waals surface area contributed by atoms with Crippen molar-refractivity contribution in [2.45, 2.75) is 13.8 Å². The maximum atomic E-state index is 11.5. The zero-order chi connectivity index (χ0) is 11.4. The number of rotatable bonds is 3. The zero-order valence-corrected chi connectivity index (χ0v) is 9.41. The summed E-state index contributed by atoms with van der Waals surface area (Å²) in [6, 6.07) is 1.46. The first-order chi connectivity index (χ1) is 7.00. The highest BCUT2D eigenvalue weighted by Gasteiger charge is 2.13. The van der Waals surface area contributed by atoms with Crippen LogP contribution < -0.4 is 5.73 Å². The summed E-state index contributed by atoms with van der Waals surface area (Å²) < 4.78 is 5.01. The lowest BCUT2D eigenvalue weighted by Gasteiger charge is -2.08. The van der Waals surface area contributed by atoms with Crippen molar-refractivity contribution in [2.75, 3.05) is 12.3 Å². The molecule has 5 heteroatoms. The molecular weight excluding hydrogens is 216 g/mol. The fraction of sp³-hybridized carbons (Fsp3) is 0.400. The number of hydrogen-bond donors (Lipinski definition) is 1. The van der Waals surface area contributed by atoms with Crippen molar-refractivity contribution in [2.24, 2.45) is 5.92 Å². The fourth-order valence-corrected chi connectivity index (χ4v) is 1.11. The summed E-state index contributed by atoms with van der Waals surface area (Å²) in [6.45, 7) is 4.25. The third-order valence-corrected chi connectivity index (χ3v) is 1.93. The van der Waals surface area contributed by atoms with E-state index >= 15 is 0 Å². The van der Waals surface area contributed by atoms with E-state index in [0.29, 0.717) is 12.3 Å². The number of carbonyl (C=O) groups excluding carboxylic acids is 1. The summed E-state index contributed by atoms with van der Waals surface area (Å²) >= 11 is 5.74. The Hall–Kier alpha value is -1.29. The molecular formula is C10H13ClN2O2. The summed E-state index contributed by atoms with van der Waals surface area (Å²) in [6.07, 6.45) is 1.39. The number of esters is 1. The molecule has 0 aliphatic heterocycles. The molecule has 0 fully saturated rings. The van der Waals surface area contributed by atoms with Gasteiger partial charge in [-0.05, 0) is 12.0 Å². The normalized spacial score (nSPS) is 10.4. The van der Waals surface area contributed by atoms with E-state index in [1.165, 1.54) is 12.3 Å². The first kappa shape index (κ1) is 11.8. The Morgan fingerprint density at radius 1 is 1.67 bits per heavy atom. The van der Waals surface area contributed by atoms with Crippen molar-refractivity contribution in [3.8, 4) is 0 Å². The van der Waals surface area contributed by atoms with E-state index in [2.05, 4.69) is 4.98 Å². The molecule has 82 valence electrons. The van der Waals surface area contributed by atoms with Gasteiger partial charge in [-0.2, -0.15) is 0 Å². The summed E-state index contributed by atoms with van der Waals surface area (Å²) in [5.74, 6) is -0.213. The molecule has 0 aromatic carbocycles. The van der Waals surface area contributed by atoms with Crippen LogP contribution in [0.15, 0.2) is 12.3 Å². The van der Waals surface area contributed by atoms with Crippen molar-refractivity contribution >= 4 is 23.3 Å². The third-order valence-electron chi connectivity index (χ3n) is 1.63. The quantitative estimate of drug-likeness (QED) is 0.636. The molecule has 0 amide bonds. The third kappa shape index (κ3) is 3.40. The number of hydrogen-bond acceptors (Lipinski definition) is 4. The maximum Gasteiger partial charge on any atom is 0.341 e. The molecule has 0 aliphatic rings. The number of pyridine rings is 1. The van der Waals surface area contributed by atoms with Crippen molar-refractivity contribution < 1.29 is 9.53 Å². The molecule has 0 radical (unpaired) electrons. The summed E-state index contributed by atoms with van der Waals surface area (Å²) in [5.41, 5.74) is 6.08. The molecule has 1 heterocycles. The second-order valence-electron chi connectivity index (χ2n) is 3.60. The first-order valence-corrected chi connectivity index (χ1v) is 4.96. The van der Waals surface area contributed by atoms with Crippen LogP contribution in [0.2, 0.25) is 5.15 Å². The van der Waals surface area contributed by atoms with Crippen LogP contribution in [0, 0.1) is 5.92 Å². The number of halogens is 1. The molecule has 15 heavy (non-hydrogen) atoms. The number of nitrogens with zero attached hydrogens (tertiary/aromatic N) is 1. The van der Waals surface area contributed by atoms with Crippen molar-refractivity contribution in [3.63, 3.8) is 0 Å². The van der Waals surface area contributed by atoms with Crippen molar-refractivity contribution in [1.82, 2.24) is 4.98 Å². The van der Waals surface area contributed by atoms with E-state index in [-0.39, 0.29) is 16.6 Å². The minimum atomic E-state index is -0.492. The Kier molecular flexibility index (Phi) is 3.91. The predicted molar refractivity (Wildman–Crippen MR) is 58.8 cm³/mol. The zero-order valence-electron chi connectivity index (χ0n) is 8.66. The van der Waals surface area contributed by atoms with E-state index in [0.717, 1.165) is 0 Å². The van der Waals surface area contributed by atoms with Gasteiger partial charge < -0.3 is 10.5 Å². The first-order valence-electron chi connectivity index (χ1n) is 4.59. The van der Waals surface area contributed by atoms with Gasteiger partial charge in [-0.25, -0.2) is 9.78 Å². The SMILES string of the molecule is CC(C)COC(=O)c1cc(N)cnc1Cl. The van der Waals surface area contributed by atoms with Crippen LogP contribution in [0.25, 0.3) is 0 Å².